The molecule has 0 saturated carbocycles. The molecule has 0 radical (unpaired) electrons. The molecule has 4 heteroatoms. The maximum atomic E-state index is 10.9. The Balaban J connectivity index is 2.78. The predicted octanol–water partition coefficient (Wildman–Crippen LogP) is 1.21. The number of aliphatic carboxylic acids is 1. The molecule has 1 rings (SSSR count). The van der Waals surface area contributed by atoms with Gasteiger partial charge in [-0.2, -0.15) is 0 Å². The minimum absolute atomic E-state index is 0.0336. The van der Waals surface area contributed by atoms with Gasteiger partial charge in [0.05, 0.1) is 5.92 Å². The summed E-state index contributed by atoms with van der Waals surface area (Å²) in [5, 5.41) is 8.91. The van der Waals surface area contributed by atoms with Crippen LogP contribution < -0.4 is 0 Å². The van der Waals surface area contributed by atoms with E-state index in [2.05, 4.69) is 0 Å². The van der Waals surface area contributed by atoms with Crippen LogP contribution in [-0.4, -0.2) is 23.1 Å². The second-order valence-electron chi connectivity index (χ2n) is 3.54. The third-order valence-corrected chi connectivity index (χ3v) is 2.36. The average Bonchev–Trinajstić information content (AvgIpc) is 2.07. The number of carbonyl (C=O) groups is 2. The molecule has 14 heavy (non-hydrogen) atoms. The van der Waals surface area contributed by atoms with Gasteiger partial charge in [0.2, 0.25) is 0 Å². The fraction of sp³-hybridized carbons (Fsp3) is 0.600. The third kappa shape index (κ3) is 2.34. The SMILES string of the molecule is CC(=O)OC1C(C)C=CCC1C(=O)O. The molecule has 3 unspecified atom stereocenters. The van der Waals surface area contributed by atoms with E-state index < -0.39 is 24.0 Å². The zero-order chi connectivity index (χ0) is 10.7. The van der Waals surface area contributed by atoms with Gasteiger partial charge < -0.3 is 9.84 Å². The van der Waals surface area contributed by atoms with Gasteiger partial charge in [-0.3, -0.25) is 9.59 Å². The van der Waals surface area contributed by atoms with E-state index in [1.165, 1.54) is 6.92 Å². The van der Waals surface area contributed by atoms with Crippen LogP contribution in [0.25, 0.3) is 0 Å². The van der Waals surface area contributed by atoms with Crippen molar-refractivity contribution < 1.29 is 19.4 Å². The Hall–Kier alpha value is -1.32. The first-order valence-corrected chi connectivity index (χ1v) is 4.59. The molecule has 0 aromatic rings. The topological polar surface area (TPSA) is 63.6 Å². The van der Waals surface area contributed by atoms with Gasteiger partial charge in [-0.15, -0.1) is 0 Å². The highest BCUT2D eigenvalue weighted by molar-refractivity contribution is 5.73. The second-order valence-corrected chi connectivity index (χ2v) is 3.54. The maximum absolute atomic E-state index is 10.9. The number of allylic oxidation sites excluding steroid dienone is 1. The molecule has 0 heterocycles. The molecule has 0 saturated heterocycles. The second kappa shape index (κ2) is 4.26. The molecule has 0 fully saturated rings. The molecule has 1 N–H and O–H groups in total. The monoisotopic (exact) mass is 198 g/mol. The lowest BCUT2D eigenvalue weighted by Gasteiger charge is -2.29. The predicted molar refractivity (Wildman–Crippen MR) is 49.6 cm³/mol. The summed E-state index contributed by atoms with van der Waals surface area (Å²) in [5.41, 5.74) is 0. The Labute approximate surface area is 82.6 Å². The zero-order valence-corrected chi connectivity index (χ0v) is 8.27. The van der Waals surface area contributed by atoms with E-state index in [4.69, 9.17) is 9.84 Å². The Morgan fingerprint density at radius 2 is 2.14 bits per heavy atom. The van der Waals surface area contributed by atoms with E-state index in [0.29, 0.717) is 6.42 Å². The van der Waals surface area contributed by atoms with Crippen LogP contribution in [0.5, 0.6) is 0 Å². The van der Waals surface area contributed by atoms with Crippen molar-refractivity contribution in [2.24, 2.45) is 11.8 Å². The minimum Gasteiger partial charge on any atom is -0.481 e. The van der Waals surface area contributed by atoms with Crippen LogP contribution in [0.15, 0.2) is 12.2 Å². The summed E-state index contributed by atoms with van der Waals surface area (Å²) in [6, 6.07) is 0. The quantitative estimate of drug-likeness (QED) is 0.535. The zero-order valence-electron chi connectivity index (χ0n) is 8.27. The number of hydrogen-bond acceptors (Lipinski definition) is 3. The van der Waals surface area contributed by atoms with Crippen LogP contribution >= 0.6 is 0 Å². The highest BCUT2D eigenvalue weighted by Crippen LogP contribution is 2.26. The van der Waals surface area contributed by atoms with Crippen molar-refractivity contribution in [3.8, 4) is 0 Å². The Kier molecular flexibility index (Phi) is 3.28. The van der Waals surface area contributed by atoms with E-state index in [-0.39, 0.29) is 5.92 Å². The summed E-state index contributed by atoms with van der Waals surface area (Å²) in [4.78, 5) is 21.7. The van der Waals surface area contributed by atoms with Crippen LogP contribution in [0, 0.1) is 11.8 Å². The largest absolute Gasteiger partial charge is 0.481 e. The van der Waals surface area contributed by atoms with Crippen LogP contribution in [0.4, 0.5) is 0 Å². The van der Waals surface area contributed by atoms with Crippen molar-refractivity contribution in [2.45, 2.75) is 26.4 Å². The van der Waals surface area contributed by atoms with Crippen LogP contribution in [0.2, 0.25) is 0 Å². The van der Waals surface area contributed by atoms with Gasteiger partial charge in [-0.05, 0) is 6.42 Å². The number of carbonyl (C=O) groups excluding carboxylic acids is 1. The number of ether oxygens (including phenoxy) is 1. The highest BCUT2D eigenvalue weighted by atomic mass is 16.5. The van der Waals surface area contributed by atoms with Crippen molar-refractivity contribution in [2.75, 3.05) is 0 Å². The van der Waals surface area contributed by atoms with Crippen LogP contribution in [0.1, 0.15) is 20.3 Å². The van der Waals surface area contributed by atoms with Crippen molar-refractivity contribution in [3.63, 3.8) is 0 Å². The summed E-state index contributed by atoms with van der Waals surface area (Å²) in [6.45, 7) is 3.14. The minimum atomic E-state index is -0.910. The molecule has 1 aliphatic carbocycles. The lowest BCUT2D eigenvalue weighted by atomic mass is 9.84. The van der Waals surface area contributed by atoms with E-state index >= 15 is 0 Å². The molecule has 3 atom stereocenters. The molecule has 0 aromatic heterocycles. The summed E-state index contributed by atoms with van der Waals surface area (Å²) in [5.74, 6) is -1.98. The van der Waals surface area contributed by atoms with Crippen molar-refractivity contribution >= 4 is 11.9 Å². The summed E-state index contributed by atoms with van der Waals surface area (Å²) < 4.78 is 5.01. The molecule has 78 valence electrons. The molecule has 1 aliphatic rings. The molecule has 4 nitrogen and oxygen atoms in total. The molecular formula is C10H14O4. The Morgan fingerprint density at radius 3 is 2.64 bits per heavy atom. The van der Waals surface area contributed by atoms with E-state index in [1.54, 1.807) is 0 Å². The normalized spacial score (nSPS) is 31.1. The van der Waals surface area contributed by atoms with Crippen molar-refractivity contribution in [1.82, 2.24) is 0 Å². The van der Waals surface area contributed by atoms with Crippen LogP contribution in [0.3, 0.4) is 0 Å². The lowest BCUT2D eigenvalue weighted by molar-refractivity contribution is -0.159. The van der Waals surface area contributed by atoms with Crippen molar-refractivity contribution in [1.29, 1.82) is 0 Å². The number of hydrogen-bond donors (Lipinski definition) is 1. The standard InChI is InChI=1S/C10H14O4/c1-6-4-3-5-8(10(12)13)9(6)14-7(2)11/h3-4,6,8-9H,5H2,1-2H3,(H,12,13). The number of esters is 1. The van der Waals surface area contributed by atoms with E-state index in [1.807, 2.05) is 19.1 Å². The fourth-order valence-electron chi connectivity index (χ4n) is 1.67. The Morgan fingerprint density at radius 1 is 1.50 bits per heavy atom. The van der Waals surface area contributed by atoms with Crippen molar-refractivity contribution in [3.05, 3.63) is 12.2 Å². The first-order chi connectivity index (χ1) is 6.52. The fourth-order valence-corrected chi connectivity index (χ4v) is 1.67. The molecule has 0 spiro atoms. The third-order valence-electron chi connectivity index (χ3n) is 2.36. The maximum Gasteiger partial charge on any atom is 0.310 e. The number of carboxylic acids is 1. The highest BCUT2D eigenvalue weighted by Gasteiger charge is 2.35. The van der Waals surface area contributed by atoms with Gasteiger partial charge in [0.25, 0.3) is 0 Å². The van der Waals surface area contributed by atoms with Gasteiger partial charge >= 0.3 is 11.9 Å². The summed E-state index contributed by atoms with van der Waals surface area (Å²) in [6.07, 6.45) is 3.60. The first-order valence-electron chi connectivity index (χ1n) is 4.59. The molecule has 0 amide bonds. The van der Waals surface area contributed by atoms with Gasteiger partial charge in [0.15, 0.2) is 0 Å². The van der Waals surface area contributed by atoms with Gasteiger partial charge in [-0.25, -0.2) is 0 Å². The molecular weight excluding hydrogens is 184 g/mol. The summed E-state index contributed by atoms with van der Waals surface area (Å²) >= 11 is 0. The van der Waals surface area contributed by atoms with Gasteiger partial charge in [0, 0.05) is 12.8 Å². The van der Waals surface area contributed by atoms with E-state index in [9.17, 15) is 9.59 Å². The number of rotatable bonds is 2. The van der Waals surface area contributed by atoms with E-state index in [0.717, 1.165) is 0 Å². The molecule has 0 aromatic carbocycles. The average molecular weight is 198 g/mol. The molecule has 0 aliphatic heterocycles. The molecule has 0 bridgehead atoms. The number of carboxylic acid groups (broad SMARTS) is 1. The van der Waals surface area contributed by atoms with Crippen LogP contribution in [-0.2, 0) is 14.3 Å². The van der Waals surface area contributed by atoms with Gasteiger partial charge in [0.1, 0.15) is 6.10 Å². The smallest absolute Gasteiger partial charge is 0.310 e. The Bertz CT molecular complexity index is 269. The first kappa shape index (κ1) is 10.8. The van der Waals surface area contributed by atoms with Gasteiger partial charge in [-0.1, -0.05) is 19.1 Å². The lowest BCUT2D eigenvalue weighted by Crippen LogP contribution is -2.38. The summed E-state index contributed by atoms with van der Waals surface area (Å²) in [7, 11) is 0.